The summed E-state index contributed by atoms with van der Waals surface area (Å²) < 4.78 is 17.7. The second-order valence-corrected chi connectivity index (χ2v) is 11.5. The van der Waals surface area contributed by atoms with Crippen LogP contribution < -0.4 is 0 Å². The van der Waals surface area contributed by atoms with E-state index in [9.17, 15) is 9.59 Å². The van der Waals surface area contributed by atoms with Gasteiger partial charge in [-0.25, -0.2) is 0 Å². The molecule has 0 bridgehead atoms. The van der Waals surface area contributed by atoms with Crippen molar-refractivity contribution >= 4 is 11.8 Å². The van der Waals surface area contributed by atoms with Gasteiger partial charge in [0.15, 0.2) is 0 Å². The summed E-state index contributed by atoms with van der Waals surface area (Å²) in [6.45, 7) is 9.09. The lowest BCUT2D eigenvalue weighted by atomic mass is 9.40. The van der Waals surface area contributed by atoms with E-state index in [4.69, 9.17) is 13.9 Å². The van der Waals surface area contributed by atoms with Crippen LogP contribution in [0.4, 0.5) is 0 Å². The molecule has 1 spiro atoms. The number of carbonyl (C=O) groups excluding carboxylic acids is 2. The summed E-state index contributed by atoms with van der Waals surface area (Å²) in [7, 11) is 0. The first kappa shape index (κ1) is 19.8. The van der Waals surface area contributed by atoms with E-state index in [0.29, 0.717) is 31.1 Å². The average molecular weight is 425 g/mol. The third-order valence-corrected chi connectivity index (χ3v) is 10.1. The van der Waals surface area contributed by atoms with Gasteiger partial charge >= 0.3 is 5.97 Å². The maximum absolute atomic E-state index is 14.0. The number of furan rings is 1. The lowest BCUT2D eigenvalue weighted by Crippen LogP contribution is -2.65. The normalized spacial score (nSPS) is 47.7. The van der Waals surface area contributed by atoms with E-state index in [2.05, 4.69) is 39.8 Å². The second kappa shape index (κ2) is 5.92. The zero-order valence-electron chi connectivity index (χ0n) is 18.9. The number of ether oxygens (including phenoxy) is 2. The summed E-state index contributed by atoms with van der Waals surface area (Å²) >= 11 is 0. The number of esters is 1. The third-order valence-electron chi connectivity index (χ3n) is 10.1. The van der Waals surface area contributed by atoms with Crippen molar-refractivity contribution < 1.29 is 23.5 Å². The van der Waals surface area contributed by atoms with Crippen molar-refractivity contribution in [2.45, 2.75) is 77.4 Å². The van der Waals surface area contributed by atoms with Crippen molar-refractivity contribution in [3.8, 4) is 0 Å². The lowest BCUT2D eigenvalue weighted by molar-refractivity contribution is -0.186. The Labute approximate surface area is 183 Å². The van der Waals surface area contributed by atoms with E-state index in [1.807, 2.05) is 6.26 Å². The van der Waals surface area contributed by atoms with Crippen LogP contribution in [0.2, 0.25) is 0 Å². The molecule has 2 saturated heterocycles. The molecule has 5 aliphatic rings. The highest BCUT2D eigenvalue weighted by Gasteiger charge is 2.74. The molecule has 0 radical (unpaired) electrons. The molecule has 4 fully saturated rings. The van der Waals surface area contributed by atoms with Gasteiger partial charge in [-0.3, -0.25) is 9.59 Å². The highest BCUT2D eigenvalue weighted by atomic mass is 16.6. The topological polar surface area (TPSA) is 65.7 Å². The van der Waals surface area contributed by atoms with E-state index >= 15 is 0 Å². The first-order valence-electron chi connectivity index (χ1n) is 11.7. The minimum atomic E-state index is -0.534. The lowest BCUT2D eigenvalue weighted by Gasteiger charge is -2.62. The molecule has 7 atom stereocenters. The van der Waals surface area contributed by atoms with E-state index in [-0.39, 0.29) is 34.7 Å². The predicted molar refractivity (Wildman–Crippen MR) is 113 cm³/mol. The molecule has 166 valence electrons. The molecule has 0 aromatic carbocycles. The van der Waals surface area contributed by atoms with Gasteiger partial charge in [-0.2, -0.15) is 0 Å². The molecule has 2 saturated carbocycles. The second-order valence-electron chi connectivity index (χ2n) is 11.5. The standard InChI is InChI=1S/C26H32O5/c1-23(2)19-11-20(27)25(4)17-6-5-16(15-8-10-29-13-15)24(17,3)9-7-18(25)26(19)14-30-22(28)12-21(26)31-23/h6,8,10,13,16,18-19,21H,5,7,9,11-12,14H2,1-4H3/t16?,18-,19-,21-,24-,25-,26+/m0/s1. The summed E-state index contributed by atoms with van der Waals surface area (Å²) in [4.78, 5) is 26.2. The fourth-order valence-corrected chi connectivity index (χ4v) is 8.75. The van der Waals surface area contributed by atoms with Crippen LogP contribution >= 0.6 is 0 Å². The first-order chi connectivity index (χ1) is 14.6. The molecule has 0 amide bonds. The molecule has 5 heteroatoms. The molecule has 1 unspecified atom stereocenters. The number of ketones is 1. The largest absolute Gasteiger partial charge is 0.472 e. The van der Waals surface area contributed by atoms with Gasteiger partial charge in [-0.1, -0.05) is 18.6 Å². The predicted octanol–water partition coefficient (Wildman–Crippen LogP) is 4.82. The van der Waals surface area contributed by atoms with Crippen molar-refractivity contribution in [1.29, 1.82) is 0 Å². The van der Waals surface area contributed by atoms with Gasteiger partial charge < -0.3 is 13.9 Å². The van der Waals surface area contributed by atoms with Crippen LogP contribution in [0.25, 0.3) is 0 Å². The molecule has 0 N–H and O–H groups in total. The summed E-state index contributed by atoms with van der Waals surface area (Å²) in [5, 5.41) is 0. The molecule has 3 aliphatic carbocycles. The number of hydrogen-bond donors (Lipinski definition) is 0. The van der Waals surface area contributed by atoms with E-state index < -0.39 is 11.0 Å². The van der Waals surface area contributed by atoms with Crippen LogP contribution in [0.5, 0.6) is 0 Å². The van der Waals surface area contributed by atoms with Crippen LogP contribution in [-0.4, -0.2) is 30.1 Å². The van der Waals surface area contributed by atoms with Gasteiger partial charge in [0.2, 0.25) is 0 Å². The van der Waals surface area contributed by atoms with Gasteiger partial charge in [-0.15, -0.1) is 0 Å². The fraction of sp³-hybridized carbons (Fsp3) is 0.692. The Morgan fingerprint density at radius 3 is 2.61 bits per heavy atom. The molecular weight excluding hydrogens is 392 g/mol. The highest BCUT2D eigenvalue weighted by Crippen LogP contribution is 2.73. The molecule has 31 heavy (non-hydrogen) atoms. The summed E-state index contributed by atoms with van der Waals surface area (Å²) in [6, 6.07) is 2.07. The van der Waals surface area contributed by atoms with Crippen molar-refractivity contribution in [2.24, 2.45) is 28.1 Å². The summed E-state index contributed by atoms with van der Waals surface area (Å²) in [6.07, 6.45) is 9.52. The van der Waals surface area contributed by atoms with Gasteiger partial charge in [-0.05, 0) is 68.9 Å². The maximum atomic E-state index is 14.0. The number of carbonyl (C=O) groups is 2. The van der Waals surface area contributed by atoms with Crippen LogP contribution in [0.3, 0.4) is 0 Å². The number of allylic oxidation sites excluding steroid dienone is 2. The van der Waals surface area contributed by atoms with Gasteiger partial charge in [0.05, 0.1) is 36.1 Å². The molecule has 5 nitrogen and oxygen atoms in total. The monoisotopic (exact) mass is 424 g/mol. The van der Waals surface area contributed by atoms with Gasteiger partial charge in [0, 0.05) is 17.8 Å². The Kier molecular flexibility index (Phi) is 3.78. The molecular formula is C26H32O5. The van der Waals surface area contributed by atoms with Crippen LogP contribution in [0.15, 0.2) is 34.7 Å². The zero-order valence-corrected chi connectivity index (χ0v) is 18.9. The number of rotatable bonds is 1. The molecule has 2 aliphatic heterocycles. The summed E-state index contributed by atoms with van der Waals surface area (Å²) in [5.41, 5.74) is 1.23. The SMILES string of the molecule is CC1(C)O[C@H]2CC(=O)OC[C@@]23[C@H]1CC(=O)[C@@]1(C)C2=CCC(c4ccoc4)[C@]2(C)CC[C@@H]13. The average Bonchev–Trinajstić information content (AvgIpc) is 3.38. The van der Waals surface area contributed by atoms with Crippen molar-refractivity contribution in [3.63, 3.8) is 0 Å². The van der Waals surface area contributed by atoms with Crippen molar-refractivity contribution in [2.75, 3.05) is 6.61 Å². The number of cyclic esters (lactones) is 1. The van der Waals surface area contributed by atoms with Crippen molar-refractivity contribution in [3.05, 3.63) is 35.8 Å². The molecule has 1 aromatic rings. The Bertz CT molecular complexity index is 989. The maximum Gasteiger partial charge on any atom is 0.308 e. The molecule has 1 aromatic heterocycles. The Morgan fingerprint density at radius 2 is 1.87 bits per heavy atom. The molecule has 3 heterocycles. The summed E-state index contributed by atoms with van der Waals surface area (Å²) in [5.74, 6) is 0.727. The third kappa shape index (κ3) is 2.21. The number of fused-ring (bicyclic) bond motifs is 3. The van der Waals surface area contributed by atoms with Crippen LogP contribution in [0, 0.1) is 28.1 Å². The number of Topliss-reactive ketones (excluding diaryl/α,β-unsaturated/α-hetero) is 1. The van der Waals surface area contributed by atoms with E-state index in [1.165, 1.54) is 11.1 Å². The fourth-order valence-electron chi connectivity index (χ4n) is 8.75. The van der Waals surface area contributed by atoms with Crippen molar-refractivity contribution in [1.82, 2.24) is 0 Å². The van der Waals surface area contributed by atoms with Crippen LogP contribution in [-0.2, 0) is 19.1 Å². The molecule has 6 rings (SSSR count). The van der Waals surface area contributed by atoms with E-state index in [0.717, 1.165) is 19.3 Å². The Morgan fingerprint density at radius 1 is 1.06 bits per heavy atom. The van der Waals surface area contributed by atoms with E-state index in [1.54, 1.807) is 6.26 Å². The minimum Gasteiger partial charge on any atom is -0.472 e. The number of hydrogen-bond acceptors (Lipinski definition) is 5. The van der Waals surface area contributed by atoms with Gasteiger partial charge in [0.25, 0.3) is 0 Å². The minimum absolute atomic E-state index is 0.0515. The smallest absolute Gasteiger partial charge is 0.308 e. The Balaban J connectivity index is 1.47. The quantitative estimate of drug-likeness (QED) is 0.478. The zero-order chi connectivity index (χ0) is 21.8. The Hall–Kier alpha value is -1.88. The first-order valence-corrected chi connectivity index (χ1v) is 11.7. The highest BCUT2D eigenvalue weighted by molar-refractivity contribution is 5.91. The van der Waals surface area contributed by atoms with Gasteiger partial charge in [0.1, 0.15) is 12.4 Å². The van der Waals surface area contributed by atoms with Crippen LogP contribution in [0.1, 0.15) is 71.3 Å².